The van der Waals surface area contributed by atoms with Gasteiger partial charge in [0.25, 0.3) is 0 Å². The van der Waals surface area contributed by atoms with Gasteiger partial charge in [-0.05, 0) is 29.8 Å². The van der Waals surface area contributed by atoms with Crippen molar-refractivity contribution < 1.29 is 23.7 Å². The molecule has 6 nitrogen and oxygen atoms in total. The molecule has 6 heteroatoms. The van der Waals surface area contributed by atoms with E-state index >= 15 is 0 Å². The first-order valence-corrected chi connectivity index (χ1v) is 8.37. The fourth-order valence-corrected chi connectivity index (χ4v) is 2.35. The zero-order valence-electron chi connectivity index (χ0n) is 15.7. The normalized spacial score (nSPS) is 9.59. The molecule has 2 aromatic rings. The van der Waals surface area contributed by atoms with Crippen molar-refractivity contribution in [1.82, 2.24) is 5.32 Å². The third-order valence-electron chi connectivity index (χ3n) is 3.68. The van der Waals surface area contributed by atoms with Crippen LogP contribution in [0.25, 0.3) is 0 Å². The highest BCUT2D eigenvalue weighted by Gasteiger charge is 2.07. The first kappa shape index (κ1) is 20.0. The molecule has 27 heavy (non-hydrogen) atoms. The van der Waals surface area contributed by atoms with Crippen molar-refractivity contribution in [3.8, 4) is 34.8 Å². The van der Waals surface area contributed by atoms with E-state index in [4.69, 9.17) is 18.9 Å². The monoisotopic (exact) mass is 369 g/mol. The van der Waals surface area contributed by atoms with Crippen molar-refractivity contribution in [2.45, 2.75) is 6.42 Å². The zero-order valence-corrected chi connectivity index (χ0v) is 15.7. The lowest BCUT2D eigenvalue weighted by Crippen LogP contribution is -2.25. The van der Waals surface area contributed by atoms with Crippen molar-refractivity contribution in [3.63, 3.8) is 0 Å². The molecule has 142 valence electrons. The van der Waals surface area contributed by atoms with Crippen LogP contribution in [0.4, 0.5) is 0 Å². The Morgan fingerprint density at radius 2 is 1.56 bits per heavy atom. The molecule has 0 saturated heterocycles. The van der Waals surface area contributed by atoms with Crippen LogP contribution in [0.5, 0.6) is 23.0 Å². The van der Waals surface area contributed by atoms with E-state index in [1.807, 2.05) is 30.3 Å². The van der Waals surface area contributed by atoms with Gasteiger partial charge in [0.05, 0.1) is 34.3 Å². The fourth-order valence-electron chi connectivity index (χ4n) is 2.35. The largest absolute Gasteiger partial charge is 0.493 e. The summed E-state index contributed by atoms with van der Waals surface area (Å²) in [6.45, 7) is 0.466. The molecule has 0 aromatic heterocycles. The minimum Gasteiger partial charge on any atom is -0.493 e. The summed E-state index contributed by atoms with van der Waals surface area (Å²) in [5, 5.41) is 2.75. The average molecular weight is 369 g/mol. The highest BCUT2D eigenvalue weighted by atomic mass is 16.5. The quantitative estimate of drug-likeness (QED) is 0.724. The number of nitrogens with one attached hydrogen (secondary N) is 1. The molecule has 0 spiro atoms. The minimum atomic E-state index is -0.123. The Morgan fingerprint density at radius 3 is 2.26 bits per heavy atom. The first-order valence-electron chi connectivity index (χ1n) is 8.37. The van der Waals surface area contributed by atoms with E-state index in [-0.39, 0.29) is 25.5 Å². The summed E-state index contributed by atoms with van der Waals surface area (Å²) in [5.74, 6) is 8.10. The third-order valence-corrected chi connectivity index (χ3v) is 3.68. The number of hydrogen-bond acceptors (Lipinski definition) is 5. The van der Waals surface area contributed by atoms with Gasteiger partial charge in [0.2, 0.25) is 5.91 Å². The van der Waals surface area contributed by atoms with Crippen LogP contribution in [0.3, 0.4) is 0 Å². The van der Waals surface area contributed by atoms with E-state index in [0.717, 1.165) is 5.56 Å². The first-order chi connectivity index (χ1) is 13.2. The summed E-state index contributed by atoms with van der Waals surface area (Å²) in [6, 6.07) is 12.7. The molecule has 0 unspecified atom stereocenters. The van der Waals surface area contributed by atoms with Crippen molar-refractivity contribution in [3.05, 3.63) is 48.0 Å². The number of carbonyl (C=O) groups is 1. The number of methoxy groups -OCH3 is 3. The molecule has 0 heterocycles. The van der Waals surface area contributed by atoms with Crippen LogP contribution < -0.4 is 24.3 Å². The molecule has 2 aromatic carbocycles. The predicted molar refractivity (Wildman–Crippen MR) is 103 cm³/mol. The lowest BCUT2D eigenvalue weighted by atomic mass is 10.1. The molecule has 0 fully saturated rings. The van der Waals surface area contributed by atoms with Crippen LogP contribution in [0.1, 0.15) is 5.56 Å². The van der Waals surface area contributed by atoms with E-state index in [0.29, 0.717) is 23.0 Å². The number of benzene rings is 2. The molecular weight excluding hydrogens is 346 g/mol. The summed E-state index contributed by atoms with van der Waals surface area (Å²) in [4.78, 5) is 12.0. The van der Waals surface area contributed by atoms with Gasteiger partial charge in [-0.15, -0.1) is 0 Å². The smallest absolute Gasteiger partial charge is 0.225 e. The maximum atomic E-state index is 12.0. The van der Waals surface area contributed by atoms with Crippen LogP contribution >= 0.6 is 0 Å². The van der Waals surface area contributed by atoms with Gasteiger partial charge in [0, 0.05) is 0 Å². The fraction of sp³-hybridized carbons (Fsp3) is 0.286. The second kappa shape index (κ2) is 10.6. The number of amides is 1. The second-order valence-electron chi connectivity index (χ2n) is 5.44. The Kier molecular flexibility index (Phi) is 7.86. The third kappa shape index (κ3) is 6.15. The lowest BCUT2D eigenvalue weighted by molar-refractivity contribution is -0.120. The van der Waals surface area contributed by atoms with Crippen molar-refractivity contribution in [1.29, 1.82) is 0 Å². The SMILES string of the molecule is COc1ccc(CC(=O)NCC#CCOc2ccccc2OC)cc1OC. The number of para-hydroxylation sites is 2. The van der Waals surface area contributed by atoms with Crippen LogP contribution in [-0.2, 0) is 11.2 Å². The Balaban J connectivity index is 1.76. The highest BCUT2D eigenvalue weighted by Crippen LogP contribution is 2.27. The zero-order chi connectivity index (χ0) is 19.5. The van der Waals surface area contributed by atoms with E-state index in [1.165, 1.54) is 0 Å². The maximum absolute atomic E-state index is 12.0. The summed E-state index contributed by atoms with van der Waals surface area (Å²) in [5.41, 5.74) is 0.831. The van der Waals surface area contributed by atoms with Crippen LogP contribution in [0.15, 0.2) is 42.5 Å². The molecule has 0 aliphatic rings. The van der Waals surface area contributed by atoms with Crippen LogP contribution in [-0.4, -0.2) is 40.4 Å². The highest BCUT2D eigenvalue weighted by molar-refractivity contribution is 5.79. The molecule has 0 saturated carbocycles. The summed E-state index contributed by atoms with van der Waals surface area (Å²) in [7, 11) is 4.71. The number of hydrogen-bond donors (Lipinski definition) is 1. The van der Waals surface area contributed by atoms with Crippen molar-refractivity contribution in [2.75, 3.05) is 34.5 Å². The Morgan fingerprint density at radius 1 is 0.889 bits per heavy atom. The van der Waals surface area contributed by atoms with Gasteiger partial charge in [-0.1, -0.05) is 30.0 Å². The molecule has 0 aliphatic heterocycles. The van der Waals surface area contributed by atoms with Gasteiger partial charge in [0.1, 0.15) is 6.61 Å². The van der Waals surface area contributed by atoms with Gasteiger partial charge in [-0.3, -0.25) is 4.79 Å². The van der Waals surface area contributed by atoms with Crippen LogP contribution in [0.2, 0.25) is 0 Å². The Hall–Kier alpha value is -3.33. The number of ether oxygens (including phenoxy) is 4. The van der Waals surface area contributed by atoms with E-state index in [9.17, 15) is 4.79 Å². The van der Waals surface area contributed by atoms with Gasteiger partial charge in [0.15, 0.2) is 23.0 Å². The van der Waals surface area contributed by atoms with E-state index in [2.05, 4.69) is 17.2 Å². The molecule has 0 radical (unpaired) electrons. The second-order valence-corrected chi connectivity index (χ2v) is 5.44. The van der Waals surface area contributed by atoms with Gasteiger partial charge in [-0.25, -0.2) is 0 Å². The van der Waals surface area contributed by atoms with Crippen LogP contribution in [0, 0.1) is 11.8 Å². The molecular formula is C21H23NO5. The molecule has 2 rings (SSSR count). The van der Waals surface area contributed by atoms with Gasteiger partial charge >= 0.3 is 0 Å². The topological polar surface area (TPSA) is 66.0 Å². The van der Waals surface area contributed by atoms with Crippen molar-refractivity contribution in [2.24, 2.45) is 0 Å². The standard InChI is InChI=1S/C21H23NO5/c1-24-17-8-4-5-9-19(17)27-13-7-6-12-22-21(23)15-16-10-11-18(25-2)20(14-16)26-3/h4-5,8-11,14H,12-13,15H2,1-3H3,(H,22,23). The molecule has 1 N–H and O–H groups in total. The number of rotatable bonds is 8. The van der Waals surface area contributed by atoms with Gasteiger partial charge < -0.3 is 24.3 Å². The molecule has 0 bridgehead atoms. The van der Waals surface area contributed by atoms with E-state index < -0.39 is 0 Å². The summed E-state index contributed by atoms with van der Waals surface area (Å²) < 4.78 is 21.2. The van der Waals surface area contributed by atoms with Gasteiger partial charge in [-0.2, -0.15) is 0 Å². The maximum Gasteiger partial charge on any atom is 0.225 e. The lowest BCUT2D eigenvalue weighted by Gasteiger charge is -2.09. The molecule has 0 atom stereocenters. The van der Waals surface area contributed by atoms with E-state index in [1.54, 1.807) is 33.5 Å². The Bertz CT molecular complexity index is 823. The number of carbonyl (C=O) groups excluding carboxylic acids is 1. The molecule has 0 aliphatic carbocycles. The molecule has 1 amide bonds. The average Bonchev–Trinajstić information content (AvgIpc) is 2.70. The predicted octanol–water partition coefficient (Wildman–Crippen LogP) is 2.45. The minimum absolute atomic E-state index is 0.123. The van der Waals surface area contributed by atoms with Crippen molar-refractivity contribution >= 4 is 5.91 Å². The summed E-state index contributed by atoms with van der Waals surface area (Å²) >= 11 is 0. The Labute approximate surface area is 159 Å². The summed E-state index contributed by atoms with van der Waals surface area (Å²) in [6.07, 6.45) is 0.236.